The maximum Gasteiger partial charge on any atom is 0.303 e. The Morgan fingerprint density at radius 2 is 2.08 bits per heavy atom. The molecular formula is C11H14O2. The molecule has 70 valence electrons. The Morgan fingerprint density at radius 1 is 1.38 bits per heavy atom. The van der Waals surface area contributed by atoms with E-state index in [1.165, 1.54) is 5.56 Å². The van der Waals surface area contributed by atoms with E-state index in [1.807, 2.05) is 12.1 Å². The molecule has 0 unspecified atom stereocenters. The van der Waals surface area contributed by atoms with Gasteiger partial charge in [0.15, 0.2) is 0 Å². The molecule has 0 amide bonds. The van der Waals surface area contributed by atoms with Gasteiger partial charge in [0.05, 0.1) is 0 Å². The molecule has 0 fully saturated rings. The molecule has 1 aromatic rings. The highest BCUT2D eigenvalue weighted by atomic mass is 16.4. The summed E-state index contributed by atoms with van der Waals surface area (Å²) in [7, 11) is 0. The van der Waals surface area contributed by atoms with E-state index in [0.29, 0.717) is 6.42 Å². The van der Waals surface area contributed by atoms with Gasteiger partial charge in [-0.2, -0.15) is 0 Å². The summed E-state index contributed by atoms with van der Waals surface area (Å²) >= 11 is 0. The molecular weight excluding hydrogens is 164 g/mol. The molecule has 0 heterocycles. The second kappa shape index (κ2) is 4.65. The van der Waals surface area contributed by atoms with Gasteiger partial charge in [0, 0.05) is 6.42 Å². The van der Waals surface area contributed by atoms with Crippen LogP contribution >= 0.6 is 0 Å². The SMILES string of the molecule is CCc1cccc(CCC(=O)O)c1. The molecule has 0 saturated heterocycles. The number of rotatable bonds is 4. The van der Waals surface area contributed by atoms with Gasteiger partial charge in [-0.15, -0.1) is 0 Å². The first-order valence-corrected chi connectivity index (χ1v) is 4.52. The smallest absolute Gasteiger partial charge is 0.303 e. The van der Waals surface area contributed by atoms with Crippen LogP contribution in [0.4, 0.5) is 0 Å². The normalized spacial score (nSPS) is 9.92. The second-order valence-electron chi connectivity index (χ2n) is 3.07. The molecule has 2 heteroatoms. The number of aliphatic carboxylic acids is 1. The van der Waals surface area contributed by atoms with Crippen LogP contribution in [-0.2, 0) is 17.6 Å². The molecule has 0 bridgehead atoms. The van der Waals surface area contributed by atoms with Gasteiger partial charge < -0.3 is 5.11 Å². The van der Waals surface area contributed by atoms with E-state index in [-0.39, 0.29) is 6.42 Å². The summed E-state index contributed by atoms with van der Waals surface area (Å²) in [5, 5.41) is 8.50. The second-order valence-corrected chi connectivity index (χ2v) is 3.07. The lowest BCUT2D eigenvalue weighted by Crippen LogP contribution is -1.97. The number of aryl methyl sites for hydroxylation is 2. The molecule has 0 aliphatic carbocycles. The summed E-state index contributed by atoms with van der Waals surface area (Å²) in [6.07, 6.45) is 1.84. The molecule has 2 nitrogen and oxygen atoms in total. The Hall–Kier alpha value is -1.31. The maximum absolute atomic E-state index is 10.3. The van der Waals surface area contributed by atoms with Crippen LogP contribution in [0.3, 0.4) is 0 Å². The highest BCUT2D eigenvalue weighted by molar-refractivity contribution is 5.67. The maximum atomic E-state index is 10.3. The van der Waals surface area contributed by atoms with Gasteiger partial charge in [0.1, 0.15) is 0 Å². The van der Waals surface area contributed by atoms with Crippen LogP contribution in [0.1, 0.15) is 24.5 Å². The minimum absolute atomic E-state index is 0.215. The van der Waals surface area contributed by atoms with E-state index in [2.05, 4.69) is 19.1 Å². The molecule has 0 saturated carbocycles. The van der Waals surface area contributed by atoms with E-state index in [0.717, 1.165) is 12.0 Å². The quantitative estimate of drug-likeness (QED) is 0.767. The van der Waals surface area contributed by atoms with Crippen molar-refractivity contribution in [3.63, 3.8) is 0 Å². The van der Waals surface area contributed by atoms with Crippen molar-refractivity contribution in [3.05, 3.63) is 35.4 Å². The summed E-state index contributed by atoms with van der Waals surface area (Å²) in [4.78, 5) is 10.3. The third kappa shape index (κ3) is 3.28. The first kappa shape index (κ1) is 9.78. The van der Waals surface area contributed by atoms with Crippen molar-refractivity contribution in [2.45, 2.75) is 26.2 Å². The first-order chi connectivity index (χ1) is 6.22. The van der Waals surface area contributed by atoms with Crippen molar-refractivity contribution in [1.82, 2.24) is 0 Å². The Labute approximate surface area is 78.2 Å². The summed E-state index contributed by atoms with van der Waals surface area (Å²) in [6, 6.07) is 8.09. The van der Waals surface area contributed by atoms with Crippen LogP contribution in [-0.4, -0.2) is 11.1 Å². The Kier molecular flexibility index (Phi) is 3.50. The number of hydrogen-bond acceptors (Lipinski definition) is 1. The number of carboxylic acids is 1. The van der Waals surface area contributed by atoms with Crippen LogP contribution < -0.4 is 0 Å². The van der Waals surface area contributed by atoms with Gasteiger partial charge in [0.2, 0.25) is 0 Å². The van der Waals surface area contributed by atoms with E-state index in [4.69, 9.17) is 5.11 Å². The predicted molar refractivity (Wildman–Crippen MR) is 51.8 cm³/mol. The van der Waals surface area contributed by atoms with Crippen LogP contribution in [0.2, 0.25) is 0 Å². The number of carboxylic acid groups (broad SMARTS) is 1. The third-order valence-corrected chi connectivity index (χ3v) is 2.03. The van der Waals surface area contributed by atoms with Crippen molar-refractivity contribution >= 4 is 5.97 Å². The Bertz CT molecular complexity index is 292. The number of carbonyl (C=O) groups is 1. The lowest BCUT2D eigenvalue weighted by Gasteiger charge is -2.01. The van der Waals surface area contributed by atoms with Gasteiger partial charge >= 0.3 is 5.97 Å². The zero-order valence-corrected chi connectivity index (χ0v) is 7.79. The van der Waals surface area contributed by atoms with Crippen molar-refractivity contribution < 1.29 is 9.90 Å². The van der Waals surface area contributed by atoms with Gasteiger partial charge in [-0.1, -0.05) is 31.2 Å². The molecule has 1 N–H and O–H groups in total. The van der Waals surface area contributed by atoms with Crippen molar-refractivity contribution in [3.8, 4) is 0 Å². The minimum atomic E-state index is -0.734. The van der Waals surface area contributed by atoms with Gasteiger partial charge in [-0.25, -0.2) is 0 Å². The van der Waals surface area contributed by atoms with E-state index in [9.17, 15) is 4.79 Å². The fourth-order valence-corrected chi connectivity index (χ4v) is 1.26. The summed E-state index contributed by atoms with van der Waals surface area (Å²) in [5.41, 5.74) is 2.38. The highest BCUT2D eigenvalue weighted by Gasteiger charge is 1.99. The molecule has 13 heavy (non-hydrogen) atoms. The fourth-order valence-electron chi connectivity index (χ4n) is 1.26. The molecule has 0 aliphatic heterocycles. The predicted octanol–water partition coefficient (Wildman–Crippen LogP) is 2.27. The zero-order chi connectivity index (χ0) is 9.68. The van der Waals surface area contributed by atoms with Crippen molar-refractivity contribution in [2.24, 2.45) is 0 Å². The van der Waals surface area contributed by atoms with Gasteiger partial charge in [-0.3, -0.25) is 4.79 Å². The highest BCUT2D eigenvalue weighted by Crippen LogP contribution is 2.07. The third-order valence-electron chi connectivity index (χ3n) is 2.03. The van der Waals surface area contributed by atoms with Gasteiger partial charge in [0.25, 0.3) is 0 Å². The molecule has 0 aromatic heterocycles. The molecule has 1 rings (SSSR count). The molecule has 0 radical (unpaired) electrons. The zero-order valence-electron chi connectivity index (χ0n) is 7.79. The van der Waals surface area contributed by atoms with E-state index >= 15 is 0 Å². The molecule has 0 atom stereocenters. The Morgan fingerprint density at radius 3 is 2.69 bits per heavy atom. The number of hydrogen-bond donors (Lipinski definition) is 1. The average Bonchev–Trinajstić information content (AvgIpc) is 2.15. The van der Waals surface area contributed by atoms with Crippen LogP contribution in [0.5, 0.6) is 0 Å². The Balaban J connectivity index is 2.61. The van der Waals surface area contributed by atoms with E-state index in [1.54, 1.807) is 0 Å². The molecule has 0 aliphatic rings. The fraction of sp³-hybridized carbons (Fsp3) is 0.364. The lowest BCUT2D eigenvalue weighted by atomic mass is 10.1. The topological polar surface area (TPSA) is 37.3 Å². The van der Waals surface area contributed by atoms with Gasteiger partial charge in [-0.05, 0) is 24.0 Å². The van der Waals surface area contributed by atoms with Crippen molar-refractivity contribution in [1.29, 1.82) is 0 Å². The minimum Gasteiger partial charge on any atom is -0.481 e. The van der Waals surface area contributed by atoms with Crippen LogP contribution in [0.15, 0.2) is 24.3 Å². The molecule has 1 aromatic carbocycles. The lowest BCUT2D eigenvalue weighted by molar-refractivity contribution is -0.136. The summed E-state index contributed by atoms with van der Waals surface area (Å²) in [6.45, 7) is 2.09. The first-order valence-electron chi connectivity index (χ1n) is 4.52. The summed E-state index contributed by atoms with van der Waals surface area (Å²) < 4.78 is 0. The largest absolute Gasteiger partial charge is 0.481 e. The monoisotopic (exact) mass is 178 g/mol. The average molecular weight is 178 g/mol. The number of benzene rings is 1. The van der Waals surface area contributed by atoms with Crippen molar-refractivity contribution in [2.75, 3.05) is 0 Å². The van der Waals surface area contributed by atoms with Crippen LogP contribution in [0, 0.1) is 0 Å². The standard InChI is InChI=1S/C11H14O2/c1-2-9-4-3-5-10(8-9)6-7-11(12)13/h3-5,8H,2,6-7H2,1H3,(H,12,13). The summed E-state index contributed by atoms with van der Waals surface area (Å²) in [5.74, 6) is -0.734. The van der Waals surface area contributed by atoms with E-state index < -0.39 is 5.97 Å². The van der Waals surface area contributed by atoms with Crippen LogP contribution in [0.25, 0.3) is 0 Å². The molecule has 0 spiro atoms.